The molecule has 0 saturated heterocycles. The van der Waals surface area contributed by atoms with Crippen LogP contribution in [0.4, 0.5) is 0 Å². The first-order chi connectivity index (χ1) is 11.5. The highest BCUT2D eigenvalue weighted by Gasteiger charge is 2.51. The average molecular weight is 343 g/mol. The van der Waals surface area contributed by atoms with Gasteiger partial charge in [-0.05, 0) is 68.6 Å². The third kappa shape index (κ3) is 2.55. The molecule has 1 aromatic heterocycles. The molecule has 0 radical (unpaired) electrons. The fourth-order valence-corrected chi connectivity index (χ4v) is 6.02. The van der Waals surface area contributed by atoms with Crippen LogP contribution in [0.2, 0.25) is 0 Å². The topological polar surface area (TPSA) is 85.8 Å². The molecule has 5 nitrogen and oxygen atoms in total. The van der Waals surface area contributed by atoms with Crippen molar-refractivity contribution >= 4 is 17.7 Å². The smallest absolute Gasteiger partial charge is 0.261 e. The van der Waals surface area contributed by atoms with Crippen molar-refractivity contribution < 1.29 is 4.79 Å². The number of amides is 1. The third-order valence-corrected chi connectivity index (χ3v) is 6.72. The Labute approximate surface area is 145 Å². The first-order valence-corrected chi connectivity index (χ1v) is 9.78. The lowest BCUT2D eigenvalue weighted by Gasteiger charge is -2.56. The summed E-state index contributed by atoms with van der Waals surface area (Å²) in [5.74, 6) is 1.84. The molecule has 4 bridgehead atoms. The number of carbonyl (C=O) groups excluding carboxylic acids is 1. The predicted octanol–water partition coefficient (Wildman–Crippen LogP) is 2.67. The second-order valence-corrected chi connectivity index (χ2v) is 8.54. The molecule has 0 spiro atoms. The van der Waals surface area contributed by atoms with E-state index in [1.165, 1.54) is 37.1 Å². The number of nitrogens with zero attached hydrogens (tertiary/aromatic N) is 1. The van der Waals surface area contributed by atoms with E-state index < -0.39 is 5.56 Å². The van der Waals surface area contributed by atoms with Crippen molar-refractivity contribution in [1.82, 2.24) is 10.3 Å². The van der Waals surface area contributed by atoms with E-state index in [1.807, 2.05) is 0 Å². The van der Waals surface area contributed by atoms with Gasteiger partial charge in [0.05, 0.1) is 10.6 Å². The number of thioether (sulfide) groups is 1. The monoisotopic (exact) mass is 343 g/mol. The SMILES string of the molecule is CSc1[nH]c(=O)c(C(=O)NC23CC4CC(CC(C4)C2)C3)cc1C#N. The van der Waals surface area contributed by atoms with Crippen LogP contribution in [0.15, 0.2) is 15.9 Å². The largest absolute Gasteiger partial charge is 0.346 e. The molecule has 5 rings (SSSR count). The van der Waals surface area contributed by atoms with E-state index in [0.29, 0.717) is 10.6 Å². The minimum Gasteiger partial charge on any atom is -0.346 e. The van der Waals surface area contributed by atoms with Crippen molar-refractivity contribution in [3.63, 3.8) is 0 Å². The predicted molar refractivity (Wildman–Crippen MR) is 91.9 cm³/mol. The molecule has 0 unspecified atom stereocenters. The molecule has 4 aliphatic carbocycles. The molecule has 126 valence electrons. The Hall–Kier alpha value is -1.74. The molecule has 1 aromatic rings. The maximum Gasteiger partial charge on any atom is 0.261 e. The molecule has 24 heavy (non-hydrogen) atoms. The van der Waals surface area contributed by atoms with Gasteiger partial charge in [-0.1, -0.05) is 0 Å². The minimum atomic E-state index is -0.416. The van der Waals surface area contributed by atoms with Crippen molar-refractivity contribution in [1.29, 1.82) is 5.26 Å². The maximum absolute atomic E-state index is 12.8. The molecule has 4 aliphatic rings. The number of hydrogen-bond acceptors (Lipinski definition) is 4. The van der Waals surface area contributed by atoms with Gasteiger partial charge < -0.3 is 10.3 Å². The minimum absolute atomic E-state index is 0.0556. The number of hydrogen-bond donors (Lipinski definition) is 2. The quantitative estimate of drug-likeness (QED) is 0.826. The Morgan fingerprint density at radius 1 is 1.29 bits per heavy atom. The van der Waals surface area contributed by atoms with Gasteiger partial charge in [-0.25, -0.2) is 0 Å². The Kier molecular flexibility index (Phi) is 3.72. The number of aromatic amines is 1. The molecular weight excluding hydrogens is 322 g/mol. The number of pyridine rings is 1. The summed E-state index contributed by atoms with van der Waals surface area (Å²) in [5.41, 5.74) is -0.151. The lowest BCUT2D eigenvalue weighted by atomic mass is 9.53. The molecule has 1 heterocycles. The van der Waals surface area contributed by atoms with Gasteiger partial charge in [0.15, 0.2) is 0 Å². The molecule has 2 N–H and O–H groups in total. The van der Waals surface area contributed by atoms with Gasteiger partial charge in [0.1, 0.15) is 11.6 Å². The lowest BCUT2D eigenvalue weighted by molar-refractivity contribution is -0.0167. The van der Waals surface area contributed by atoms with E-state index in [9.17, 15) is 14.9 Å². The molecule has 0 aromatic carbocycles. The van der Waals surface area contributed by atoms with E-state index in [0.717, 1.165) is 37.0 Å². The van der Waals surface area contributed by atoms with Crippen LogP contribution in [0, 0.1) is 29.1 Å². The maximum atomic E-state index is 12.8. The highest BCUT2D eigenvalue weighted by Crippen LogP contribution is 2.55. The third-order valence-electron chi connectivity index (χ3n) is 5.99. The Morgan fingerprint density at radius 2 is 1.88 bits per heavy atom. The van der Waals surface area contributed by atoms with E-state index in [-0.39, 0.29) is 17.0 Å². The van der Waals surface area contributed by atoms with Gasteiger partial charge in [0.2, 0.25) is 0 Å². The molecule has 0 aliphatic heterocycles. The van der Waals surface area contributed by atoms with Crippen LogP contribution in [0.3, 0.4) is 0 Å². The fourth-order valence-electron chi connectivity index (χ4n) is 5.50. The molecule has 4 saturated carbocycles. The summed E-state index contributed by atoms with van der Waals surface area (Å²) in [6.07, 6.45) is 8.81. The lowest BCUT2D eigenvalue weighted by Crippen LogP contribution is -2.60. The number of nitrogens with one attached hydrogen (secondary N) is 2. The van der Waals surface area contributed by atoms with Gasteiger partial charge in [0, 0.05) is 5.54 Å². The molecule has 4 fully saturated rings. The fraction of sp³-hybridized carbons (Fsp3) is 0.611. The van der Waals surface area contributed by atoms with Gasteiger partial charge in [-0.3, -0.25) is 9.59 Å². The summed E-state index contributed by atoms with van der Waals surface area (Å²) in [6.45, 7) is 0. The van der Waals surface area contributed by atoms with Crippen LogP contribution in [0.5, 0.6) is 0 Å². The van der Waals surface area contributed by atoms with E-state index in [1.54, 1.807) is 6.26 Å². The van der Waals surface area contributed by atoms with Gasteiger partial charge >= 0.3 is 0 Å². The highest BCUT2D eigenvalue weighted by atomic mass is 32.2. The van der Waals surface area contributed by atoms with Crippen LogP contribution in [-0.2, 0) is 0 Å². The van der Waals surface area contributed by atoms with Crippen LogP contribution < -0.4 is 10.9 Å². The summed E-state index contributed by atoms with van der Waals surface area (Å²) in [5, 5.41) is 12.9. The Morgan fingerprint density at radius 3 is 2.38 bits per heavy atom. The first-order valence-electron chi connectivity index (χ1n) is 8.56. The van der Waals surface area contributed by atoms with Crippen LogP contribution in [0.1, 0.15) is 54.4 Å². The van der Waals surface area contributed by atoms with Gasteiger partial charge in [-0.2, -0.15) is 5.26 Å². The molecular formula is C18H21N3O2S. The molecule has 0 atom stereocenters. The van der Waals surface area contributed by atoms with Crippen LogP contribution in [-0.4, -0.2) is 22.7 Å². The van der Waals surface area contributed by atoms with E-state index >= 15 is 0 Å². The van der Waals surface area contributed by atoms with E-state index in [2.05, 4.69) is 16.4 Å². The number of carbonyl (C=O) groups is 1. The van der Waals surface area contributed by atoms with Crippen LogP contribution >= 0.6 is 11.8 Å². The second kappa shape index (κ2) is 5.66. The standard InChI is InChI=1S/C18H21N3O2S/c1-24-17-13(9-19)5-14(15(22)20-17)16(23)21-18-6-10-2-11(7-18)4-12(3-10)8-18/h5,10-12H,2-4,6-8H2,1H3,(H,20,22)(H,21,23). The van der Waals surface area contributed by atoms with Crippen LogP contribution in [0.25, 0.3) is 0 Å². The number of aromatic nitrogens is 1. The zero-order chi connectivity index (χ0) is 16.9. The van der Waals surface area contributed by atoms with Crippen molar-refractivity contribution in [2.45, 2.75) is 49.1 Å². The van der Waals surface area contributed by atoms with Crippen molar-refractivity contribution in [3.8, 4) is 6.07 Å². The summed E-state index contributed by atoms with van der Waals surface area (Å²) in [6, 6.07) is 3.49. The van der Waals surface area contributed by atoms with Crippen molar-refractivity contribution in [3.05, 3.63) is 27.5 Å². The number of rotatable bonds is 3. The van der Waals surface area contributed by atoms with Gasteiger partial charge in [-0.15, -0.1) is 11.8 Å². The summed E-state index contributed by atoms with van der Waals surface area (Å²) in [4.78, 5) is 27.7. The number of H-pyrrole nitrogens is 1. The second-order valence-electron chi connectivity index (χ2n) is 7.72. The summed E-state index contributed by atoms with van der Waals surface area (Å²) >= 11 is 1.30. The Balaban J connectivity index is 1.61. The first kappa shape index (κ1) is 15.8. The number of nitriles is 1. The van der Waals surface area contributed by atoms with Crippen molar-refractivity contribution in [2.24, 2.45) is 17.8 Å². The highest BCUT2D eigenvalue weighted by molar-refractivity contribution is 7.98. The van der Waals surface area contributed by atoms with Crippen molar-refractivity contribution in [2.75, 3.05) is 6.26 Å². The zero-order valence-corrected chi connectivity index (χ0v) is 14.5. The Bertz CT molecular complexity index is 757. The summed E-state index contributed by atoms with van der Waals surface area (Å²) < 4.78 is 0. The molecule has 1 amide bonds. The summed E-state index contributed by atoms with van der Waals surface area (Å²) in [7, 11) is 0. The zero-order valence-electron chi connectivity index (χ0n) is 13.7. The van der Waals surface area contributed by atoms with Gasteiger partial charge in [0.25, 0.3) is 11.5 Å². The average Bonchev–Trinajstić information content (AvgIpc) is 2.52. The normalized spacial score (nSPS) is 33.2. The van der Waals surface area contributed by atoms with E-state index in [4.69, 9.17) is 0 Å². The molecule has 6 heteroatoms.